The lowest BCUT2D eigenvalue weighted by Crippen LogP contribution is -2.62. The Labute approximate surface area is 189 Å². The Kier molecular flexibility index (Phi) is 9.96. The standard InChI is InChI=1S/C22H35N5O5/c1-15(17(28)31-5)26-18(29)22(12-9-13-25-19(23)24,14-16-10-7-6-8-11-16)27-20(30)32-21(2,3)4/h6-8,10-11,15H,9,12-14H2,1-5H3,(H,26,29)(H,27,30)(H4,23,24,25)/t15-,22+/m0/s1. The monoisotopic (exact) mass is 449 g/mol. The quantitative estimate of drug-likeness (QED) is 0.181. The number of aliphatic imine (C=N–C) groups is 1. The molecular weight excluding hydrogens is 414 g/mol. The fourth-order valence-electron chi connectivity index (χ4n) is 3.05. The smallest absolute Gasteiger partial charge is 0.408 e. The zero-order chi connectivity index (χ0) is 24.4. The molecule has 0 aromatic heterocycles. The molecule has 0 fully saturated rings. The number of carbonyl (C=O) groups excluding carboxylic acids is 3. The number of amides is 2. The number of hydrogen-bond donors (Lipinski definition) is 4. The van der Waals surface area contributed by atoms with Gasteiger partial charge in [0.2, 0.25) is 5.91 Å². The molecule has 0 saturated carbocycles. The first-order chi connectivity index (χ1) is 14.9. The van der Waals surface area contributed by atoms with Gasteiger partial charge < -0.3 is 31.6 Å². The number of esters is 1. The number of nitrogens with one attached hydrogen (secondary N) is 2. The molecule has 0 bridgehead atoms. The number of methoxy groups -OCH3 is 1. The fraction of sp³-hybridized carbons (Fsp3) is 0.545. The maximum atomic E-state index is 13.5. The summed E-state index contributed by atoms with van der Waals surface area (Å²) in [6.45, 7) is 6.94. The van der Waals surface area contributed by atoms with Crippen molar-refractivity contribution in [3.63, 3.8) is 0 Å². The van der Waals surface area contributed by atoms with Crippen LogP contribution in [0.1, 0.15) is 46.1 Å². The normalized spacial score (nSPS) is 13.8. The molecule has 178 valence electrons. The molecule has 32 heavy (non-hydrogen) atoms. The topological polar surface area (TPSA) is 158 Å². The first-order valence-electron chi connectivity index (χ1n) is 10.4. The molecule has 0 aliphatic carbocycles. The molecular formula is C22H35N5O5. The Balaban J connectivity index is 3.31. The molecule has 2 amide bonds. The summed E-state index contributed by atoms with van der Waals surface area (Å²) in [5.74, 6) is -1.22. The zero-order valence-corrected chi connectivity index (χ0v) is 19.4. The number of nitrogens with two attached hydrogens (primary N) is 2. The first kappa shape index (κ1) is 26.7. The van der Waals surface area contributed by atoms with Gasteiger partial charge in [0.25, 0.3) is 0 Å². The van der Waals surface area contributed by atoms with E-state index < -0.39 is 35.2 Å². The van der Waals surface area contributed by atoms with E-state index in [1.807, 2.05) is 30.3 Å². The van der Waals surface area contributed by atoms with Crippen molar-refractivity contribution in [2.75, 3.05) is 13.7 Å². The number of guanidine groups is 1. The number of benzene rings is 1. The highest BCUT2D eigenvalue weighted by atomic mass is 16.6. The number of carbonyl (C=O) groups is 3. The second-order valence-electron chi connectivity index (χ2n) is 8.50. The van der Waals surface area contributed by atoms with E-state index in [4.69, 9.17) is 20.9 Å². The van der Waals surface area contributed by atoms with E-state index in [1.165, 1.54) is 14.0 Å². The summed E-state index contributed by atoms with van der Waals surface area (Å²) in [4.78, 5) is 42.0. The van der Waals surface area contributed by atoms with Gasteiger partial charge in [-0.2, -0.15) is 0 Å². The van der Waals surface area contributed by atoms with Gasteiger partial charge in [-0.3, -0.25) is 9.79 Å². The molecule has 0 spiro atoms. The van der Waals surface area contributed by atoms with Crippen LogP contribution < -0.4 is 22.1 Å². The molecule has 2 atom stereocenters. The van der Waals surface area contributed by atoms with Crippen molar-refractivity contribution in [2.24, 2.45) is 16.5 Å². The third-order valence-electron chi connectivity index (χ3n) is 4.48. The lowest BCUT2D eigenvalue weighted by atomic mass is 9.85. The van der Waals surface area contributed by atoms with E-state index in [0.29, 0.717) is 6.42 Å². The summed E-state index contributed by atoms with van der Waals surface area (Å²) in [7, 11) is 1.23. The van der Waals surface area contributed by atoms with Crippen LogP contribution in [0.4, 0.5) is 4.79 Å². The number of ether oxygens (including phenoxy) is 2. The molecule has 0 aliphatic rings. The van der Waals surface area contributed by atoms with E-state index in [1.54, 1.807) is 20.8 Å². The summed E-state index contributed by atoms with van der Waals surface area (Å²) >= 11 is 0. The molecule has 0 aliphatic heterocycles. The molecule has 0 saturated heterocycles. The molecule has 10 nitrogen and oxygen atoms in total. The third-order valence-corrected chi connectivity index (χ3v) is 4.48. The second kappa shape index (κ2) is 11.9. The van der Waals surface area contributed by atoms with Crippen molar-refractivity contribution in [1.29, 1.82) is 0 Å². The summed E-state index contributed by atoms with van der Waals surface area (Å²) in [6, 6.07) is 8.30. The van der Waals surface area contributed by atoms with Crippen LogP contribution in [0.2, 0.25) is 0 Å². The van der Waals surface area contributed by atoms with Crippen LogP contribution >= 0.6 is 0 Å². The Bertz CT molecular complexity index is 803. The number of rotatable bonds is 10. The van der Waals surface area contributed by atoms with Crippen molar-refractivity contribution in [2.45, 2.75) is 64.1 Å². The van der Waals surface area contributed by atoms with Gasteiger partial charge in [-0.25, -0.2) is 9.59 Å². The summed E-state index contributed by atoms with van der Waals surface area (Å²) in [6.07, 6.45) is -0.0107. The van der Waals surface area contributed by atoms with Gasteiger partial charge in [0.1, 0.15) is 17.2 Å². The van der Waals surface area contributed by atoms with E-state index in [2.05, 4.69) is 15.6 Å². The van der Waals surface area contributed by atoms with Crippen LogP contribution in [0.25, 0.3) is 0 Å². The molecule has 0 heterocycles. The van der Waals surface area contributed by atoms with E-state index in [-0.39, 0.29) is 25.3 Å². The van der Waals surface area contributed by atoms with Crippen molar-refractivity contribution < 1.29 is 23.9 Å². The fourth-order valence-corrected chi connectivity index (χ4v) is 3.05. The maximum Gasteiger partial charge on any atom is 0.408 e. The first-order valence-corrected chi connectivity index (χ1v) is 10.4. The van der Waals surface area contributed by atoms with Gasteiger partial charge in [0.15, 0.2) is 5.96 Å². The number of alkyl carbamates (subject to hydrolysis) is 1. The average Bonchev–Trinajstić information content (AvgIpc) is 2.69. The summed E-state index contributed by atoms with van der Waals surface area (Å²) in [5, 5.41) is 5.39. The highest BCUT2D eigenvalue weighted by Gasteiger charge is 2.42. The van der Waals surface area contributed by atoms with Crippen LogP contribution in [0.5, 0.6) is 0 Å². The minimum absolute atomic E-state index is 0.0671. The minimum atomic E-state index is -1.43. The molecule has 0 radical (unpaired) electrons. The van der Waals surface area contributed by atoms with Gasteiger partial charge in [0.05, 0.1) is 7.11 Å². The van der Waals surface area contributed by atoms with Crippen molar-refractivity contribution in [3.8, 4) is 0 Å². The lowest BCUT2D eigenvalue weighted by Gasteiger charge is -2.35. The van der Waals surface area contributed by atoms with Gasteiger partial charge in [0, 0.05) is 13.0 Å². The van der Waals surface area contributed by atoms with Crippen LogP contribution in [0.15, 0.2) is 35.3 Å². The maximum absolute atomic E-state index is 13.5. The number of nitrogens with zero attached hydrogens (tertiary/aromatic N) is 1. The van der Waals surface area contributed by atoms with Crippen LogP contribution in [0.3, 0.4) is 0 Å². The van der Waals surface area contributed by atoms with Gasteiger partial charge >= 0.3 is 12.1 Å². The molecule has 1 rings (SSSR count). The minimum Gasteiger partial charge on any atom is -0.467 e. The second-order valence-corrected chi connectivity index (χ2v) is 8.50. The van der Waals surface area contributed by atoms with Crippen molar-refractivity contribution >= 4 is 23.9 Å². The van der Waals surface area contributed by atoms with Gasteiger partial charge in [-0.15, -0.1) is 0 Å². The number of hydrogen-bond acceptors (Lipinski definition) is 6. The Morgan fingerprint density at radius 1 is 1.12 bits per heavy atom. The van der Waals surface area contributed by atoms with Crippen LogP contribution in [-0.4, -0.2) is 54.8 Å². The van der Waals surface area contributed by atoms with E-state index in [0.717, 1.165) is 5.56 Å². The molecule has 10 heteroatoms. The molecule has 1 aromatic rings. The SMILES string of the molecule is COC(=O)[C@H](C)NC(=O)[C@@](CCCN=C(N)N)(Cc1ccccc1)NC(=O)OC(C)(C)C. The largest absolute Gasteiger partial charge is 0.467 e. The summed E-state index contributed by atoms with van der Waals surface area (Å²) < 4.78 is 10.1. The Hall–Kier alpha value is -3.30. The van der Waals surface area contributed by atoms with Gasteiger partial charge in [-0.05, 0) is 46.1 Å². The predicted molar refractivity (Wildman–Crippen MR) is 122 cm³/mol. The predicted octanol–water partition coefficient (Wildman–Crippen LogP) is 1.22. The lowest BCUT2D eigenvalue weighted by molar-refractivity contribution is -0.145. The average molecular weight is 450 g/mol. The molecule has 6 N–H and O–H groups in total. The van der Waals surface area contributed by atoms with Crippen molar-refractivity contribution in [1.82, 2.24) is 10.6 Å². The molecule has 0 unspecified atom stereocenters. The Morgan fingerprint density at radius 2 is 1.75 bits per heavy atom. The molecule has 1 aromatic carbocycles. The van der Waals surface area contributed by atoms with Crippen LogP contribution in [-0.2, 0) is 25.5 Å². The van der Waals surface area contributed by atoms with Gasteiger partial charge in [-0.1, -0.05) is 30.3 Å². The highest BCUT2D eigenvalue weighted by molar-refractivity contribution is 5.93. The van der Waals surface area contributed by atoms with Crippen LogP contribution in [0, 0.1) is 0 Å². The zero-order valence-electron chi connectivity index (χ0n) is 19.4. The highest BCUT2D eigenvalue weighted by Crippen LogP contribution is 2.22. The third kappa shape index (κ3) is 9.23. The van der Waals surface area contributed by atoms with E-state index >= 15 is 0 Å². The Morgan fingerprint density at radius 3 is 2.28 bits per heavy atom. The summed E-state index contributed by atoms with van der Waals surface area (Å²) in [5.41, 5.74) is 9.41. The van der Waals surface area contributed by atoms with E-state index in [9.17, 15) is 14.4 Å². The van der Waals surface area contributed by atoms with Crippen molar-refractivity contribution in [3.05, 3.63) is 35.9 Å².